The maximum absolute atomic E-state index is 12.7. The van der Waals surface area contributed by atoms with Crippen molar-refractivity contribution in [3.8, 4) is 0 Å². The highest BCUT2D eigenvalue weighted by Crippen LogP contribution is 2.36. The van der Waals surface area contributed by atoms with Crippen molar-refractivity contribution < 1.29 is 4.79 Å². The number of nitrogens with zero attached hydrogens (tertiary/aromatic N) is 1. The molecule has 1 aliphatic carbocycles. The first-order chi connectivity index (χ1) is 8.81. The molecule has 1 aliphatic heterocycles. The molecule has 3 rings (SSSR count). The summed E-state index contributed by atoms with van der Waals surface area (Å²) in [4.78, 5) is 14.6. The Balaban J connectivity index is 0.00000133. The lowest BCUT2D eigenvalue weighted by Gasteiger charge is -2.24. The third-order valence-corrected chi connectivity index (χ3v) is 4.43. The Morgan fingerprint density at radius 2 is 2.11 bits per heavy atom. The highest BCUT2D eigenvalue weighted by molar-refractivity contribution is 5.97. The van der Waals surface area contributed by atoms with Crippen molar-refractivity contribution in [2.45, 2.75) is 25.7 Å². The summed E-state index contributed by atoms with van der Waals surface area (Å²) in [6, 6.07) is 8.24. The molecule has 1 aromatic rings. The van der Waals surface area contributed by atoms with Crippen LogP contribution in [0.15, 0.2) is 24.3 Å². The van der Waals surface area contributed by atoms with E-state index in [1.807, 2.05) is 17.0 Å². The second kappa shape index (κ2) is 5.93. The van der Waals surface area contributed by atoms with Crippen molar-refractivity contribution >= 4 is 24.0 Å². The second-order valence-corrected chi connectivity index (χ2v) is 5.40. The largest absolute Gasteiger partial charge is 0.330 e. The molecule has 1 fully saturated rings. The molecule has 0 unspecified atom stereocenters. The summed E-state index contributed by atoms with van der Waals surface area (Å²) >= 11 is 0. The van der Waals surface area contributed by atoms with Gasteiger partial charge in [0.05, 0.1) is 0 Å². The van der Waals surface area contributed by atoms with Gasteiger partial charge in [0, 0.05) is 18.2 Å². The Bertz CT molecular complexity index is 463. The van der Waals surface area contributed by atoms with Gasteiger partial charge in [0.25, 0.3) is 0 Å². The Labute approximate surface area is 120 Å². The predicted octanol–water partition coefficient (Wildman–Crippen LogP) is 2.37. The summed E-state index contributed by atoms with van der Waals surface area (Å²) in [5.74, 6) is 0.847. The summed E-state index contributed by atoms with van der Waals surface area (Å²) in [6.07, 6.45) is 4.26. The molecule has 4 heteroatoms. The molecule has 2 N–H and O–H groups in total. The Kier molecular flexibility index (Phi) is 4.48. The van der Waals surface area contributed by atoms with E-state index in [2.05, 4.69) is 12.1 Å². The van der Waals surface area contributed by atoms with Crippen LogP contribution in [0.2, 0.25) is 0 Å². The number of para-hydroxylation sites is 1. The van der Waals surface area contributed by atoms with E-state index in [0.717, 1.165) is 37.9 Å². The van der Waals surface area contributed by atoms with E-state index in [9.17, 15) is 4.79 Å². The van der Waals surface area contributed by atoms with Crippen molar-refractivity contribution in [2.24, 2.45) is 17.6 Å². The molecule has 19 heavy (non-hydrogen) atoms. The Hall–Kier alpha value is -1.06. The molecule has 1 saturated carbocycles. The number of benzene rings is 1. The minimum atomic E-state index is 0. The van der Waals surface area contributed by atoms with E-state index in [0.29, 0.717) is 18.4 Å². The van der Waals surface area contributed by atoms with Crippen LogP contribution in [0.25, 0.3) is 0 Å². The molecule has 0 spiro atoms. The normalized spacial score (nSPS) is 25.0. The molecule has 1 amide bonds. The number of amides is 1. The van der Waals surface area contributed by atoms with Gasteiger partial charge in [-0.25, -0.2) is 0 Å². The van der Waals surface area contributed by atoms with Gasteiger partial charge in [-0.1, -0.05) is 24.6 Å². The van der Waals surface area contributed by atoms with Crippen LogP contribution >= 0.6 is 12.4 Å². The molecule has 0 saturated heterocycles. The fourth-order valence-corrected chi connectivity index (χ4v) is 3.41. The third kappa shape index (κ3) is 2.49. The monoisotopic (exact) mass is 280 g/mol. The third-order valence-electron chi connectivity index (χ3n) is 4.43. The highest BCUT2D eigenvalue weighted by atomic mass is 35.5. The molecule has 1 heterocycles. The molecule has 0 aromatic heterocycles. The van der Waals surface area contributed by atoms with Crippen molar-refractivity contribution in [1.29, 1.82) is 0 Å². The van der Waals surface area contributed by atoms with Gasteiger partial charge in [-0.3, -0.25) is 4.79 Å². The number of fused-ring (bicyclic) bond motifs is 1. The lowest BCUT2D eigenvalue weighted by molar-refractivity contribution is -0.123. The molecule has 3 nitrogen and oxygen atoms in total. The summed E-state index contributed by atoms with van der Waals surface area (Å²) < 4.78 is 0. The van der Waals surface area contributed by atoms with E-state index in [1.165, 1.54) is 5.56 Å². The van der Waals surface area contributed by atoms with Gasteiger partial charge >= 0.3 is 0 Å². The topological polar surface area (TPSA) is 46.3 Å². The number of nitrogens with two attached hydrogens (primary N) is 1. The molecular formula is C15H21ClN2O. The van der Waals surface area contributed by atoms with Crippen LogP contribution in [-0.2, 0) is 11.2 Å². The summed E-state index contributed by atoms with van der Waals surface area (Å²) in [5.41, 5.74) is 8.20. The number of rotatable bonds is 2. The minimum absolute atomic E-state index is 0. The average molecular weight is 281 g/mol. The maximum Gasteiger partial charge on any atom is 0.230 e. The van der Waals surface area contributed by atoms with E-state index in [4.69, 9.17) is 5.73 Å². The van der Waals surface area contributed by atoms with Crippen molar-refractivity contribution in [1.82, 2.24) is 0 Å². The summed E-state index contributed by atoms with van der Waals surface area (Å²) in [6.45, 7) is 1.48. The van der Waals surface area contributed by atoms with Crippen LogP contribution in [0.1, 0.15) is 24.8 Å². The predicted molar refractivity (Wildman–Crippen MR) is 79.6 cm³/mol. The molecular weight excluding hydrogens is 260 g/mol. The lowest BCUT2D eigenvalue weighted by atomic mass is 9.94. The number of anilines is 1. The molecule has 2 aliphatic rings. The quantitative estimate of drug-likeness (QED) is 0.904. The first kappa shape index (κ1) is 14.4. The standard InChI is InChI=1S/C15H20N2O.ClH/c16-10-12-5-3-6-13(12)15(18)17-9-8-11-4-1-2-7-14(11)17;/h1-2,4,7,12-13H,3,5-6,8-10,16H2;1H/t12-,13-;/m1./s1. The number of hydrogen-bond acceptors (Lipinski definition) is 2. The molecule has 0 bridgehead atoms. The van der Waals surface area contributed by atoms with E-state index < -0.39 is 0 Å². The molecule has 0 radical (unpaired) electrons. The van der Waals surface area contributed by atoms with Gasteiger partial charge in [0.1, 0.15) is 0 Å². The summed E-state index contributed by atoms with van der Waals surface area (Å²) in [5, 5.41) is 0. The minimum Gasteiger partial charge on any atom is -0.330 e. The fourth-order valence-electron chi connectivity index (χ4n) is 3.41. The van der Waals surface area contributed by atoms with Crippen molar-refractivity contribution in [3.63, 3.8) is 0 Å². The van der Waals surface area contributed by atoms with Crippen LogP contribution in [0.4, 0.5) is 5.69 Å². The SMILES string of the molecule is Cl.NC[C@H]1CCC[C@H]1C(=O)N1CCc2ccccc21. The number of carbonyl (C=O) groups is 1. The van der Waals surface area contributed by atoms with Crippen molar-refractivity contribution in [3.05, 3.63) is 29.8 Å². The van der Waals surface area contributed by atoms with Crippen LogP contribution < -0.4 is 10.6 Å². The average Bonchev–Trinajstić information content (AvgIpc) is 3.04. The maximum atomic E-state index is 12.7. The fraction of sp³-hybridized carbons (Fsp3) is 0.533. The molecule has 104 valence electrons. The van der Waals surface area contributed by atoms with E-state index >= 15 is 0 Å². The van der Waals surface area contributed by atoms with Crippen LogP contribution in [-0.4, -0.2) is 19.0 Å². The van der Waals surface area contributed by atoms with E-state index in [-0.39, 0.29) is 18.3 Å². The van der Waals surface area contributed by atoms with Crippen LogP contribution in [0.3, 0.4) is 0 Å². The number of halogens is 1. The van der Waals surface area contributed by atoms with Gasteiger partial charge in [0.15, 0.2) is 0 Å². The number of hydrogen-bond donors (Lipinski definition) is 1. The first-order valence-electron chi connectivity index (χ1n) is 6.90. The van der Waals surface area contributed by atoms with Gasteiger partial charge < -0.3 is 10.6 Å². The first-order valence-corrected chi connectivity index (χ1v) is 6.90. The van der Waals surface area contributed by atoms with Gasteiger partial charge in [-0.2, -0.15) is 0 Å². The van der Waals surface area contributed by atoms with Gasteiger partial charge in [-0.05, 0) is 43.4 Å². The smallest absolute Gasteiger partial charge is 0.230 e. The van der Waals surface area contributed by atoms with Crippen LogP contribution in [0, 0.1) is 11.8 Å². The zero-order valence-electron chi connectivity index (χ0n) is 11.0. The zero-order chi connectivity index (χ0) is 12.5. The van der Waals surface area contributed by atoms with E-state index in [1.54, 1.807) is 0 Å². The van der Waals surface area contributed by atoms with Crippen molar-refractivity contribution in [2.75, 3.05) is 18.0 Å². The molecule has 1 aromatic carbocycles. The highest BCUT2D eigenvalue weighted by Gasteiger charge is 2.36. The number of carbonyl (C=O) groups excluding carboxylic acids is 1. The van der Waals surface area contributed by atoms with Gasteiger partial charge in [-0.15, -0.1) is 12.4 Å². The Morgan fingerprint density at radius 1 is 1.32 bits per heavy atom. The lowest BCUT2D eigenvalue weighted by Crippen LogP contribution is -2.38. The summed E-state index contributed by atoms with van der Waals surface area (Å²) in [7, 11) is 0. The zero-order valence-corrected chi connectivity index (χ0v) is 11.9. The van der Waals surface area contributed by atoms with Crippen LogP contribution in [0.5, 0.6) is 0 Å². The van der Waals surface area contributed by atoms with Gasteiger partial charge in [0.2, 0.25) is 5.91 Å². The second-order valence-electron chi connectivity index (χ2n) is 5.40. The molecule has 2 atom stereocenters. The Morgan fingerprint density at radius 3 is 2.89 bits per heavy atom.